The van der Waals surface area contributed by atoms with Crippen LogP contribution in [-0.2, 0) is 4.79 Å². The minimum atomic E-state index is -1.35. The van der Waals surface area contributed by atoms with Gasteiger partial charge in [0.1, 0.15) is 6.26 Å². The van der Waals surface area contributed by atoms with E-state index in [1.54, 1.807) is 0 Å². The third-order valence-corrected chi connectivity index (χ3v) is 1.62. The second kappa shape index (κ2) is 7.85. The normalized spacial score (nSPS) is 9.17. The molecule has 0 radical (unpaired) electrons. The van der Waals surface area contributed by atoms with Crippen molar-refractivity contribution in [1.29, 1.82) is 0 Å². The first-order chi connectivity index (χ1) is 8.38. The molecule has 1 heterocycles. The summed E-state index contributed by atoms with van der Waals surface area (Å²) >= 11 is 0. The molecule has 0 aromatic carbocycles. The summed E-state index contributed by atoms with van der Waals surface area (Å²) < 4.78 is 4.35. The van der Waals surface area contributed by atoms with Crippen molar-refractivity contribution in [2.24, 2.45) is 5.73 Å². The van der Waals surface area contributed by atoms with Gasteiger partial charge in [-0.1, -0.05) is 0 Å². The summed E-state index contributed by atoms with van der Waals surface area (Å²) in [6.45, 7) is 0.465. The number of hydrogen-bond donors (Lipinski definition) is 4. The van der Waals surface area contributed by atoms with Gasteiger partial charge in [-0.15, -0.1) is 0 Å². The van der Waals surface area contributed by atoms with Crippen molar-refractivity contribution < 1.29 is 29.3 Å². The maximum atomic E-state index is 10.6. The Balaban J connectivity index is 0.000000360. The summed E-state index contributed by atoms with van der Waals surface area (Å²) in [6, 6.07) is 0.706. The summed E-state index contributed by atoms with van der Waals surface area (Å²) in [5.74, 6) is -3.21. The molecule has 0 fully saturated rings. The molecule has 0 spiro atoms. The predicted octanol–water partition coefficient (Wildman–Crippen LogP) is -0.146. The predicted molar refractivity (Wildman–Crippen MR) is 59.5 cm³/mol. The van der Waals surface area contributed by atoms with Crippen LogP contribution in [0.2, 0.25) is 0 Å². The second-order valence-electron chi connectivity index (χ2n) is 3.08. The molecular formula is C10H13NO7. The van der Waals surface area contributed by atoms with Crippen LogP contribution in [0.5, 0.6) is 5.75 Å². The molecule has 1 aromatic rings. The van der Waals surface area contributed by atoms with E-state index in [0.29, 0.717) is 25.3 Å². The third-order valence-electron chi connectivity index (χ3n) is 1.62. The molecule has 0 saturated carbocycles. The zero-order valence-electron chi connectivity index (χ0n) is 9.33. The maximum absolute atomic E-state index is 10.6. The largest absolute Gasteiger partial charge is 0.502 e. The third kappa shape index (κ3) is 6.28. The number of carbonyl (C=O) groups is 2. The van der Waals surface area contributed by atoms with Crippen LogP contribution < -0.4 is 11.2 Å². The topological polar surface area (TPSA) is 151 Å². The fourth-order valence-electron chi connectivity index (χ4n) is 0.770. The van der Waals surface area contributed by atoms with E-state index in [4.69, 9.17) is 21.1 Å². The summed E-state index contributed by atoms with van der Waals surface area (Å²) in [5, 5.41) is 24.9. The van der Waals surface area contributed by atoms with E-state index in [1.165, 1.54) is 0 Å². The lowest BCUT2D eigenvalue weighted by atomic mass is 10.3. The fourth-order valence-corrected chi connectivity index (χ4v) is 0.770. The Morgan fingerprint density at radius 1 is 1.33 bits per heavy atom. The molecule has 18 heavy (non-hydrogen) atoms. The standard InChI is InChI=1S/C6H4O5.C4H9NO2/c7-3-1-5(6(9)10)11-2-4(3)8;5-3-1-2-4(6)7/h1-2,8H,(H,9,10);1-3,5H2,(H,6,7). The van der Waals surface area contributed by atoms with Gasteiger partial charge in [-0.2, -0.15) is 0 Å². The van der Waals surface area contributed by atoms with E-state index in [2.05, 4.69) is 4.42 Å². The minimum Gasteiger partial charge on any atom is -0.502 e. The Labute approximate surface area is 101 Å². The molecular weight excluding hydrogens is 246 g/mol. The first-order valence-corrected chi connectivity index (χ1v) is 4.85. The Kier molecular flexibility index (Phi) is 6.82. The Bertz CT molecular complexity index is 466. The van der Waals surface area contributed by atoms with Gasteiger partial charge in [0.2, 0.25) is 11.2 Å². The lowest BCUT2D eigenvalue weighted by molar-refractivity contribution is -0.137. The lowest BCUT2D eigenvalue weighted by Crippen LogP contribution is -2.04. The van der Waals surface area contributed by atoms with Gasteiger partial charge in [0, 0.05) is 12.5 Å². The van der Waals surface area contributed by atoms with Gasteiger partial charge >= 0.3 is 11.9 Å². The quantitative estimate of drug-likeness (QED) is 0.582. The van der Waals surface area contributed by atoms with E-state index in [1.807, 2.05) is 0 Å². The Hall–Kier alpha value is -2.35. The fraction of sp³-hybridized carbons (Fsp3) is 0.300. The van der Waals surface area contributed by atoms with E-state index >= 15 is 0 Å². The molecule has 0 amide bonds. The SMILES string of the molecule is NCCCC(=O)O.O=C(O)c1cc(=O)c(O)co1. The summed E-state index contributed by atoms with van der Waals surface area (Å²) in [4.78, 5) is 30.4. The van der Waals surface area contributed by atoms with E-state index in [0.717, 1.165) is 0 Å². The van der Waals surface area contributed by atoms with Gasteiger partial charge < -0.3 is 25.5 Å². The molecule has 0 saturated heterocycles. The van der Waals surface area contributed by atoms with E-state index in [-0.39, 0.29) is 6.42 Å². The van der Waals surface area contributed by atoms with Gasteiger partial charge in [0.15, 0.2) is 5.75 Å². The summed E-state index contributed by atoms with van der Waals surface area (Å²) in [5.41, 5.74) is 4.24. The molecule has 0 atom stereocenters. The average Bonchev–Trinajstić information content (AvgIpc) is 2.30. The molecule has 1 aromatic heterocycles. The number of rotatable bonds is 4. The highest BCUT2D eigenvalue weighted by molar-refractivity contribution is 5.84. The van der Waals surface area contributed by atoms with Crippen LogP contribution in [-0.4, -0.2) is 33.8 Å². The van der Waals surface area contributed by atoms with Gasteiger partial charge in [-0.3, -0.25) is 9.59 Å². The highest BCUT2D eigenvalue weighted by Gasteiger charge is 2.07. The number of hydrogen-bond acceptors (Lipinski definition) is 6. The summed E-state index contributed by atoms with van der Waals surface area (Å²) in [6.07, 6.45) is 1.46. The smallest absolute Gasteiger partial charge is 0.371 e. The molecule has 8 heteroatoms. The van der Waals surface area contributed by atoms with Gasteiger partial charge in [-0.05, 0) is 13.0 Å². The Morgan fingerprint density at radius 2 is 1.94 bits per heavy atom. The zero-order valence-corrected chi connectivity index (χ0v) is 9.33. The number of aliphatic carboxylic acids is 1. The van der Waals surface area contributed by atoms with Crippen molar-refractivity contribution in [3.63, 3.8) is 0 Å². The first kappa shape index (κ1) is 15.7. The molecule has 0 unspecified atom stereocenters. The maximum Gasteiger partial charge on any atom is 0.371 e. The van der Waals surface area contributed by atoms with Crippen LogP contribution in [0.3, 0.4) is 0 Å². The van der Waals surface area contributed by atoms with Crippen molar-refractivity contribution in [1.82, 2.24) is 0 Å². The Morgan fingerprint density at radius 3 is 2.28 bits per heavy atom. The van der Waals surface area contributed by atoms with Crippen LogP contribution in [0.4, 0.5) is 0 Å². The first-order valence-electron chi connectivity index (χ1n) is 4.85. The van der Waals surface area contributed by atoms with E-state index in [9.17, 15) is 14.4 Å². The second-order valence-corrected chi connectivity index (χ2v) is 3.08. The molecule has 8 nitrogen and oxygen atoms in total. The van der Waals surface area contributed by atoms with Crippen LogP contribution in [0.1, 0.15) is 23.4 Å². The van der Waals surface area contributed by atoms with E-state index < -0.39 is 28.9 Å². The lowest BCUT2D eigenvalue weighted by Gasteiger charge is -1.91. The van der Waals surface area contributed by atoms with Crippen LogP contribution in [0, 0.1) is 0 Å². The van der Waals surface area contributed by atoms with Crippen molar-refractivity contribution >= 4 is 11.9 Å². The van der Waals surface area contributed by atoms with Crippen LogP contribution in [0.25, 0.3) is 0 Å². The average molecular weight is 259 g/mol. The number of aromatic hydroxyl groups is 1. The van der Waals surface area contributed by atoms with Crippen molar-refractivity contribution in [3.05, 3.63) is 28.3 Å². The van der Waals surface area contributed by atoms with Crippen molar-refractivity contribution in [2.45, 2.75) is 12.8 Å². The molecule has 100 valence electrons. The molecule has 0 aliphatic carbocycles. The van der Waals surface area contributed by atoms with Crippen LogP contribution in [0.15, 0.2) is 21.5 Å². The summed E-state index contributed by atoms with van der Waals surface area (Å²) in [7, 11) is 0. The zero-order chi connectivity index (χ0) is 14.1. The number of aromatic carboxylic acids is 1. The van der Waals surface area contributed by atoms with Gasteiger partial charge in [0.25, 0.3) is 0 Å². The highest BCUT2D eigenvalue weighted by atomic mass is 16.4. The molecule has 1 rings (SSSR count). The molecule has 0 bridgehead atoms. The monoisotopic (exact) mass is 259 g/mol. The van der Waals surface area contributed by atoms with Crippen molar-refractivity contribution in [3.8, 4) is 5.75 Å². The molecule has 0 aliphatic rings. The number of carboxylic acid groups (broad SMARTS) is 2. The number of nitrogens with two attached hydrogens (primary N) is 1. The van der Waals surface area contributed by atoms with Gasteiger partial charge in [0.05, 0.1) is 0 Å². The highest BCUT2D eigenvalue weighted by Crippen LogP contribution is 2.02. The molecule has 0 aliphatic heterocycles. The van der Waals surface area contributed by atoms with Crippen LogP contribution >= 0.6 is 0 Å². The minimum absolute atomic E-state index is 0.191. The molecule has 5 N–H and O–H groups in total. The van der Waals surface area contributed by atoms with Gasteiger partial charge in [-0.25, -0.2) is 4.79 Å². The van der Waals surface area contributed by atoms with Crippen molar-refractivity contribution in [2.75, 3.05) is 6.54 Å². The number of carboxylic acids is 2.